The molecule has 0 unspecified atom stereocenters. The third kappa shape index (κ3) is 4.17. The normalized spacial score (nSPS) is 9.84. The molecular formula is C19H20N2O4. The topological polar surface area (TPSA) is 76.7 Å². The van der Waals surface area contributed by atoms with Crippen LogP contribution in [0.3, 0.4) is 0 Å². The van der Waals surface area contributed by atoms with Crippen LogP contribution in [-0.2, 0) is 0 Å². The number of hydrogen-bond acceptors (Lipinski definition) is 4. The third-order valence-electron chi connectivity index (χ3n) is 3.48. The van der Waals surface area contributed by atoms with Crippen LogP contribution in [0.5, 0.6) is 11.5 Å². The van der Waals surface area contributed by atoms with Crippen molar-refractivity contribution in [1.29, 1.82) is 0 Å². The fraction of sp³-hybridized carbons (Fsp3) is 0.158. The Bertz CT molecular complexity index is 764. The van der Waals surface area contributed by atoms with Crippen LogP contribution in [-0.4, -0.2) is 32.6 Å². The number of rotatable bonds is 7. The summed E-state index contributed by atoms with van der Waals surface area (Å²) in [6.45, 7) is 3.90. The summed E-state index contributed by atoms with van der Waals surface area (Å²) in [6, 6.07) is 11.8. The second-order valence-corrected chi connectivity index (χ2v) is 5.04. The van der Waals surface area contributed by atoms with E-state index in [1.165, 1.54) is 14.2 Å². The Labute approximate surface area is 146 Å². The van der Waals surface area contributed by atoms with Crippen molar-refractivity contribution < 1.29 is 19.1 Å². The Hall–Kier alpha value is -3.28. The van der Waals surface area contributed by atoms with Gasteiger partial charge in [0.15, 0.2) is 0 Å². The van der Waals surface area contributed by atoms with E-state index in [0.717, 1.165) is 0 Å². The molecule has 2 N–H and O–H groups in total. The quantitative estimate of drug-likeness (QED) is 0.760. The van der Waals surface area contributed by atoms with E-state index in [2.05, 4.69) is 17.2 Å². The fourth-order valence-corrected chi connectivity index (χ4v) is 2.31. The number of nitrogens with one attached hydrogen (secondary N) is 2. The van der Waals surface area contributed by atoms with Crippen LogP contribution in [0.15, 0.2) is 55.1 Å². The van der Waals surface area contributed by atoms with Crippen molar-refractivity contribution in [3.8, 4) is 11.5 Å². The van der Waals surface area contributed by atoms with Crippen molar-refractivity contribution in [2.45, 2.75) is 0 Å². The van der Waals surface area contributed by atoms with Gasteiger partial charge < -0.3 is 20.1 Å². The monoisotopic (exact) mass is 340 g/mol. The number of ether oxygens (including phenoxy) is 2. The van der Waals surface area contributed by atoms with Gasteiger partial charge in [-0.15, -0.1) is 6.58 Å². The van der Waals surface area contributed by atoms with E-state index in [0.29, 0.717) is 29.3 Å². The molecule has 2 aromatic rings. The molecule has 0 aliphatic heterocycles. The summed E-state index contributed by atoms with van der Waals surface area (Å²) >= 11 is 0. The minimum absolute atomic E-state index is 0.258. The van der Waals surface area contributed by atoms with E-state index >= 15 is 0 Å². The van der Waals surface area contributed by atoms with Gasteiger partial charge in [-0.3, -0.25) is 9.59 Å². The summed E-state index contributed by atoms with van der Waals surface area (Å²) in [6.07, 6.45) is 1.58. The van der Waals surface area contributed by atoms with E-state index < -0.39 is 5.91 Å². The lowest BCUT2D eigenvalue weighted by Crippen LogP contribution is -2.25. The zero-order valence-electron chi connectivity index (χ0n) is 14.2. The number of carbonyl (C=O) groups excluding carboxylic acids is 2. The number of carbonyl (C=O) groups is 2. The molecule has 0 spiro atoms. The molecule has 0 aliphatic rings. The molecule has 6 nitrogen and oxygen atoms in total. The molecule has 0 bridgehead atoms. The number of methoxy groups -OCH3 is 2. The lowest BCUT2D eigenvalue weighted by molar-refractivity contribution is 0.0959. The molecule has 0 fully saturated rings. The van der Waals surface area contributed by atoms with Crippen LogP contribution in [0, 0.1) is 0 Å². The van der Waals surface area contributed by atoms with E-state index in [-0.39, 0.29) is 11.5 Å². The smallest absolute Gasteiger partial charge is 0.263 e. The average Bonchev–Trinajstić information content (AvgIpc) is 2.65. The highest BCUT2D eigenvalue weighted by atomic mass is 16.5. The van der Waals surface area contributed by atoms with Gasteiger partial charge >= 0.3 is 0 Å². The molecule has 130 valence electrons. The van der Waals surface area contributed by atoms with Crippen molar-refractivity contribution in [1.82, 2.24) is 5.32 Å². The average molecular weight is 340 g/mol. The van der Waals surface area contributed by atoms with Crippen LogP contribution in [0.1, 0.15) is 20.7 Å². The molecule has 0 aliphatic carbocycles. The first-order valence-electron chi connectivity index (χ1n) is 7.62. The van der Waals surface area contributed by atoms with E-state index in [4.69, 9.17) is 9.47 Å². The molecular weight excluding hydrogens is 320 g/mol. The van der Waals surface area contributed by atoms with Crippen molar-refractivity contribution in [2.24, 2.45) is 0 Å². The standard InChI is InChI=1S/C19H20N2O4/c1-4-12-20-18(22)13-8-5-6-9-14(13)21-19(23)17-15(24-2)10-7-11-16(17)25-3/h4-11H,1,12H2,2-3H3,(H,20,22)(H,21,23). The fourth-order valence-electron chi connectivity index (χ4n) is 2.31. The lowest BCUT2D eigenvalue weighted by Gasteiger charge is -2.14. The van der Waals surface area contributed by atoms with Crippen molar-refractivity contribution in [3.63, 3.8) is 0 Å². The molecule has 6 heteroatoms. The maximum atomic E-state index is 12.7. The molecule has 25 heavy (non-hydrogen) atoms. The molecule has 0 saturated heterocycles. The van der Waals surface area contributed by atoms with Crippen LogP contribution >= 0.6 is 0 Å². The lowest BCUT2D eigenvalue weighted by atomic mass is 10.1. The summed E-state index contributed by atoms with van der Waals surface area (Å²) in [5.74, 6) is 0.0249. The largest absolute Gasteiger partial charge is 0.496 e. The van der Waals surface area contributed by atoms with E-state index in [1.807, 2.05) is 0 Å². The van der Waals surface area contributed by atoms with Gasteiger partial charge in [0.2, 0.25) is 0 Å². The highest BCUT2D eigenvalue weighted by Crippen LogP contribution is 2.29. The third-order valence-corrected chi connectivity index (χ3v) is 3.48. The van der Waals surface area contributed by atoms with Gasteiger partial charge in [-0.1, -0.05) is 24.3 Å². The first kappa shape index (κ1) is 18.1. The summed E-state index contributed by atoms with van der Waals surface area (Å²) < 4.78 is 10.5. The van der Waals surface area contributed by atoms with Crippen molar-refractivity contribution in [3.05, 3.63) is 66.2 Å². The first-order valence-corrected chi connectivity index (χ1v) is 7.62. The minimum atomic E-state index is -0.432. The Morgan fingerprint density at radius 1 is 1.00 bits per heavy atom. The highest BCUT2D eigenvalue weighted by Gasteiger charge is 2.20. The number of hydrogen-bond donors (Lipinski definition) is 2. The van der Waals surface area contributed by atoms with Gasteiger partial charge in [-0.2, -0.15) is 0 Å². The summed E-state index contributed by atoms with van der Waals surface area (Å²) in [4.78, 5) is 25.0. The Kier molecular flexibility index (Phi) is 6.17. The van der Waals surface area contributed by atoms with Crippen LogP contribution in [0.2, 0.25) is 0 Å². The SMILES string of the molecule is C=CCNC(=O)c1ccccc1NC(=O)c1c(OC)cccc1OC. The van der Waals surface area contributed by atoms with Crippen LogP contribution < -0.4 is 20.1 Å². The highest BCUT2D eigenvalue weighted by molar-refractivity contribution is 6.11. The summed E-state index contributed by atoms with van der Waals surface area (Å²) in [5, 5.41) is 5.44. The predicted octanol–water partition coefficient (Wildman–Crippen LogP) is 2.87. The minimum Gasteiger partial charge on any atom is -0.496 e. The van der Waals surface area contributed by atoms with Crippen molar-refractivity contribution >= 4 is 17.5 Å². The van der Waals surface area contributed by atoms with Gasteiger partial charge in [0, 0.05) is 6.54 Å². The number of benzene rings is 2. The molecule has 0 heterocycles. The molecule has 2 aromatic carbocycles. The Balaban J connectivity index is 2.34. The van der Waals surface area contributed by atoms with Gasteiger partial charge in [0.25, 0.3) is 11.8 Å². The summed E-state index contributed by atoms with van der Waals surface area (Å²) in [5.41, 5.74) is 1.00. The molecule has 0 saturated carbocycles. The molecule has 2 amide bonds. The van der Waals surface area contributed by atoms with E-state index in [9.17, 15) is 9.59 Å². The van der Waals surface area contributed by atoms with Gasteiger partial charge in [0.1, 0.15) is 17.1 Å². The first-order chi connectivity index (χ1) is 12.1. The van der Waals surface area contributed by atoms with Crippen LogP contribution in [0.25, 0.3) is 0 Å². The maximum absolute atomic E-state index is 12.7. The summed E-state index contributed by atoms with van der Waals surface area (Å²) in [7, 11) is 2.95. The number of amides is 2. The second kappa shape index (κ2) is 8.54. The predicted molar refractivity (Wildman–Crippen MR) is 96.5 cm³/mol. The second-order valence-electron chi connectivity index (χ2n) is 5.04. The van der Waals surface area contributed by atoms with Gasteiger partial charge in [0.05, 0.1) is 25.5 Å². The number of anilines is 1. The van der Waals surface area contributed by atoms with Crippen LogP contribution in [0.4, 0.5) is 5.69 Å². The van der Waals surface area contributed by atoms with Gasteiger partial charge in [-0.25, -0.2) is 0 Å². The maximum Gasteiger partial charge on any atom is 0.263 e. The zero-order valence-corrected chi connectivity index (χ0v) is 14.2. The van der Waals surface area contributed by atoms with Crippen molar-refractivity contribution in [2.75, 3.05) is 26.1 Å². The molecule has 0 radical (unpaired) electrons. The molecule has 2 rings (SSSR count). The molecule has 0 aromatic heterocycles. The Morgan fingerprint density at radius 3 is 2.24 bits per heavy atom. The van der Waals surface area contributed by atoms with E-state index in [1.54, 1.807) is 48.5 Å². The Morgan fingerprint density at radius 2 is 1.64 bits per heavy atom. The zero-order chi connectivity index (χ0) is 18.2. The van der Waals surface area contributed by atoms with Gasteiger partial charge in [-0.05, 0) is 24.3 Å². The molecule has 0 atom stereocenters. The number of para-hydroxylation sites is 1.